The van der Waals surface area contributed by atoms with Crippen molar-refractivity contribution in [2.24, 2.45) is 7.05 Å². The van der Waals surface area contributed by atoms with Gasteiger partial charge in [0.15, 0.2) is 0 Å². The molecule has 0 atom stereocenters. The number of thioether (sulfide) groups is 1. The normalized spacial score (nSPS) is 11.0. The van der Waals surface area contributed by atoms with Gasteiger partial charge >= 0.3 is 0 Å². The van der Waals surface area contributed by atoms with E-state index in [4.69, 9.17) is 0 Å². The van der Waals surface area contributed by atoms with Crippen LogP contribution in [0.25, 0.3) is 11.4 Å². The molecular formula is C14H18N8S. The molecule has 0 saturated heterocycles. The number of nitrogens with zero attached hydrogens (tertiary/aromatic N) is 8. The third-order valence-corrected chi connectivity index (χ3v) is 4.40. The van der Waals surface area contributed by atoms with Crippen LogP contribution in [0.3, 0.4) is 0 Å². The first kappa shape index (κ1) is 15.6. The third kappa shape index (κ3) is 4.35. The van der Waals surface area contributed by atoms with Gasteiger partial charge in [0.05, 0.1) is 6.54 Å². The Morgan fingerprint density at radius 2 is 1.87 bits per heavy atom. The summed E-state index contributed by atoms with van der Waals surface area (Å²) in [7, 11) is 1.85. The van der Waals surface area contributed by atoms with Crippen LogP contribution in [-0.4, -0.2) is 46.2 Å². The maximum absolute atomic E-state index is 4.41. The van der Waals surface area contributed by atoms with Crippen molar-refractivity contribution < 1.29 is 0 Å². The van der Waals surface area contributed by atoms with Gasteiger partial charge in [0.1, 0.15) is 0 Å². The molecule has 0 unspecified atom stereocenters. The predicted molar refractivity (Wildman–Crippen MR) is 86.6 cm³/mol. The number of benzene rings is 1. The topological polar surface area (TPSA) is 87.2 Å². The summed E-state index contributed by atoms with van der Waals surface area (Å²) in [5.74, 6) is 1.68. The molecule has 0 aliphatic heterocycles. The van der Waals surface area contributed by atoms with Gasteiger partial charge in [0.2, 0.25) is 11.0 Å². The number of hydrogen-bond donors (Lipinski definition) is 0. The van der Waals surface area contributed by atoms with E-state index in [1.807, 2.05) is 37.4 Å². The Balaban J connectivity index is 1.36. The van der Waals surface area contributed by atoms with E-state index in [9.17, 15) is 0 Å². The Kier molecular flexibility index (Phi) is 5.30. The molecule has 0 aliphatic carbocycles. The second-order valence-electron chi connectivity index (χ2n) is 5.07. The highest BCUT2D eigenvalue weighted by atomic mass is 32.2. The molecule has 0 saturated carbocycles. The fourth-order valence-electron chi connectivity index (χ4n) is 2.08. The molecule has 2 heterocycles. The molecule has 3 rings (SSSR count). The first-order chi connectivity index (χ1) is 11.3. The molecule has 120 valence electrons. The van der Waals surface area contributed by atoms with Crippen molar-refractivity contribution in [1.82, 2.24) is 40.4 Å². The largest absolute Gasteiger partial charge is 0.224 e. The minimum Gasteiger partial charge on any atom is -0.224 e. The van der Waals surface area contributed by atoms with Crippen LogP contribution >= 0.6 is 11.8 Å². The van der Waals surface area contributed by atoms with E-state index >= 15 is 0 Å². The zero-order valence-corrected chi connectivity index (χ0v) is 13.7. The van der Waals surface area contributed by atoms with Crippen LogP contribution in [0.15, 0.2) is 35.5 Å². The molecule has 0 bridgehead atoms. The summed E-state index contributed by atoms with van der Waals surface area (Å²) in [4.78, 5) is 1.67. The van der Waals surface area contributed by atoms with E-state index in [1.54, 1.807) is 21.2 Å². The molecule has 3 aromatic rings. The van der Waals surface area contributed by atoms with E-state index < -0.39 is 0 Å². The van der Waals surface area contributed by atoms with Gasteiger partial charge in [0, 0.05) is 18.4 Å². The van der Waals surface area contributed by atoms with Gasteiger partial charge in [-0.15, -0.1) is 15.3 Å². The van der Waals surface area contributed by atoms with E-state index in [0.29, 0.717) is 5.82 Å². The monoisotopic (exact) mass is 330 g/mol. The van der Waals surface area contributed by atoms with Crippen LogP contribution in [0.4, 0.5) is 0 Å². The van der Waals surface area contributed by atoms with E-state index in [2.05, 4.69) is 30.9 Å². The Morgan fingerprint density at radius 3 is 2.65 bits per heavy atom. The van der Waals surface area contributed by atoms with Gasteiger partial charge in [0.25, 0.3) is 0 Å². The quantitative estimate of drug-likeness (QED) is 0.460. The van der Waals surface area contributed by atoms with Crippen LogP contribution in [0.2, 0.25) is 0 Å². The molecule has 9 heteroatoms. The molecule has 0 spiro atoms. The lowest BCUT2D eigenvalue weighted by atomic mass is 10.2. The van der Waals surface area contributed by atoms with Crippen LogP contribution in [0, 0.1) is 0 Å². The van der Waals surface area contributed by atoms with Gasteiger partial charge in [-0.05, 0) is 28.5 Å². The van der Waals surface area contributed by atoms with E-state index in [-0.39, 0.29) is 0 Å². The summed E-state index contributed by atoms with van der Waals surface area (Å²) in [6.45, 7) is 0.788. The van der Waals surface area contributed by atoms with Gasteiger partial charge in [-0.1, -0.05) is 48.5 Å². The highest BCUT2D eigenvalue weighted by molar-refractivity contribution is 7.99. The molecule has 2 aromatic heterocycles. The number of aromatic nitrogens is 8. The lowest BCUT2D eigenvalue weighted by molar-refractivity contribution is 0.487. The molecule has 23 heavy (non-hydrogen) atoms. The van der Waals surface area contributed by atoms with Crippen molar-refractivity contribution in [3.05, 3.63) is 30.3 Å². The summed E-state index contributed by atoms with van der Waals surface area (Å²) in [6, 6.07) is 9.89. The van der Waals surface area contributed by atoms with Crippen molar-refractivity contribution in [3.8, 4) is 11.4 Å². The molecule has 0 radical (unpaired) electrons. The maximum atomic E-state index is 4.41. The number of hydrogen-bond acceptors (Lipinski definition) is 7. The highest BCUT2D eigenvalue weighted by Crippen LogP contribution is 2.15. The average molecular weight is 330 g/mol. The van der Waals surface area contributed by atoms with Crippen LogP contribution in [-0.2, 0) is 13.6 Å². The minimum absolute atomic E-state index is 0.677. The molecule has 0 aliphatic rings. The zero-order chi connectivity index (χ0) is 15.9. The third-order valence-electron chi connectivity index (χ3n) is 3.30. The summed E-state index contributed by atoms with van der Waals surface area (Å²) in [5.41, 5.74) is 0.993. The van der Waals surface area contributed by atoms with Gasteiger partial charge in [-0.2, -0.15) is 4.80 Å². The Morgan fingerprint density at radius 1 is 1.00 bits per heavy atom. The molecule has 0 N–H and O–H groups in total. The summed E-state index contributed by atoms with van der Waals surface area (Å²) in [5, 5.41) is 24.8. The second-order valence-corrected chi connectivity index (χ2v) is 6.13. The van der Waals surface area contributed by atoms with Crippen molar-refractivity contribution >= 4 is 11.8 Å². The first-order valence-electron chi connectivity index (χ1n) is 7.51. The minimum atomic E-state index is 0.677. The number of unbranched alkanes of at least 4 members (excludes halogenated alkanes) is 2. The first-order valence-corrected chi connectivity index (χ1v) is 8.50. The molecule has 0 fully saturated rings. The highest BCUT2D eigenvalue weighted by Gasteiger charge is 2.05. The average Bonchev–Trinajstić information content (AvgIpc) is 3.21. The fourth-order valence-corrected chi connectivity index (χ4v) is 2.93. The molecule has 8 nitrogen and oxygen atoms in total. The molecule has 0 amide bonds. The predicted octanol–water partition coefficient (Wildman–Crippen LogP) is 1.83. The number of aryl methyl sites for hydroxylation is 2. The molecule has 1 aromatic carbocycles. The van der Waals surface area contributed by atoms with E-state index in [0.717, 1.165) is 42.3 Å². The maximum Gasteiger partial charge on any atom is 0.209 e. The Hall–Kier alpha value is -2.29. The number of rotatable bonds is 8. The van der Waals surface area contributed by atoms with E-state index in [1.165, 1.54) is 0 Å². The zero-order valence-electron chi connectivity index (χ0n) is 12.9. The molecular weight excluding hydrogens is 312 g/mol. The van der Waals surface area contributed by atoms with Crippen LogP contribution in [0.5, 0.6) is 0 Å². The fraction of sp³-hybridized carbons (Fsp3) is 0.429. The Bertz CT molecular complexity index is 723. The summed E-state index contributed by atoms with van der Waals surface area (Å²) >= 11 is 1.68. The number of tetrazole rings is 2. The van der Waals surface area contributed by atoms with Crippen LogP contribution in [0.1, 0.15) is 19.3 Å². The lowest BCUT2D eigenvalue weighted by Crippen LogP contribution is -2.03. The van der Waals surface area contributed by atoms with Crippen molar-refractivity contribution in [3.63, 3.8) is 0 Å². The second kappa shape index (κ2) is 7.82. The van der Waals surface area contributed by atoms with Gasteiger partial charge in [-0.25, -0.2) is 4.68 Å². The Labute approximate surface area is 138 Å². The van der Waals surface area contributed by atoms with Gasteiger partial charge in [-0.3, -0.25) is 0 Å². The smallest absolute Gasteiger partial charge is 0.209 e. The van der Waals surface area contributed by atoms with Crippen molar-refractivity contribution in [2.45, 2.75) is 31.0 Å². The van der Waals surface area contributed by atoms with Crippen LogP contribution < -0.4 is 0 Å². The SMILES string of the molecule is Cn1nnnc1SCCCCCn1nnc(-c2ccccc2)n1. The summed E-state index contributed by atoms with van der Waals surface area (Å²) in [6.07, 6.45) is 3.25. The van der Waals surface area contributed by atoms with Gasteiger partial charge < -0.3 is 0 Å². The van der Waals surface area contributed by atoms with Crippen molar-refractivity contribution in [1.29, 1.82) is 0 Å². The standard InChI is InChI=1S/C14H18N8S/c1-21-14(16-18-20-21)23-11-7-3-6-10-22-17-13(15-19-22)12-8-4-2-5-9-12/h2,4-5,8-9H,3,6-7,10-11H2,1H3. The summed E-state index contributed by atoms with van der Waals surface area (Å²) < 4.78 is 1.69. The van der Waals surface area contributed by atoms with Crippen molar-refractivity contribution in [2.75, 3.05) is 5.75 Å². The lowest BCUT2D eigenvalue weighted by Gasteiger charge is -2.00.